The first kappa shape index (κ1) is 15.4. The molecule has 2 rings (SSSR count). The van der Waals surface area contributed by atoms with Gasteiger partial charge in [0.15, 0.2) is 0 Å². The predicted molar refractivity (Wildman–Crippen MR) is 68.4 cm³/mol. The maximum Gasteiger partial charge on any atom is 0.309 e. The fourth-order valence-corrected chi connectivity index (χ4v) is 2.62. The summed E-state index contributed by atoms with van der Waals surface area (Å²) in [5.74, 6) is -4.18. The van der Waals surface area contributed by atoms with E-state index in [1.807, 2.05) is 0 Å². The minimum Gasteiger partial charge on any atom is -0.481 e. The summed E-state index contributed by atoms with van der Waals surface area (Å²) in [5.41, 5.74) is 0.141. The molecule has 0 bridgehead atoms. The van der Waals surface area contributed by atoms with Gasteiger partial charge in [0.2, 0.25) is 5.91 Å². The van der Waals surface area contributed by atoms with Crippen LogP contribution in [0, 0.1) is 17.6 Å². The van der Waals surface area contributed by atoms with Crippen molar-refractivity contribution in [3.63, 3.8) is 0 Å². The highest BCUT2D eigenvalue weighted by Gasteiger charge is 2.44. The number of methoxy groups -OCH3 is 1. The molecule has 5 nitrogen and oxygen atoms in total. The molecular formula is C14H15F2NO4. The minimum absolute atomic E-state index is 0.141. The standard InChI is InChI=1S/C14H15F2NO4/c1-21-3-2-17-12(18)7-11(14(19)20)13(17)8-4-9(15)6-10(16)5-8/h4-6,11,13H,2-3,7H2,1H3,(H,19,20). The minimum atomic E-state index is -1.17. The van der Waals surface area contributed by atoms with Crippen LogP contribution in [-0.2, 0) is 14.3 Å². The van der Waals surface area contributed by atoms with E-state index >= 15 is 0 Å². The lowest BCUT2D eigenvalue weighted by Crippen LogP contribution is -2.33. The Morgan fingerprint density at radius 1 is 1.38 bits per heavy atom. The van der Waals surface area contributed by atoms with E-state index in [1.165, 1.54) is 12.0 Å². The fourth-order valence-electron chi connectivity index (χ4n) is 2.62. The zero-order valence-electron chi connectivity index (χ0n) is 11.4. The first-order valence-electron chi connectivity index (χ1n) is 6.41. The van der Waals surface area contributed by atoms with E-state index in [0.717, 1.165) is 12.1 Å². The molecule has 1 amide bonds. The number of carboxylic acids is 1. The van der Waals surface area contributed by atoms with E-state index in [4.69, 9.17) is 4.74 Å². The number of ether oxygens (including phenoxy) is 1. The number of carbonyl (C=O) groups excluding carboxylic acids is 1. The number of hydrogen-bond donors (Lipinski definition) is 1. The van der Waals surface area contributed by atoms with E-state index in [1.54, 1.807) is 0 Å². The summed E-state index contributed by atoms with van der Waals surface area (Å²) in [7, 11) is 1.45. The van der Waals surface area contributed by atoms with Crippen LogP contribution in [0.25, 0.3) is 0 Å². The lowest BCUT2D eigenvalue weighted by atomic mass is 9.93. The molecule has 1 fully saturated rings. The predicted octanol–water partition coefficient (Wildman–Crippen LogP) is 1.59. The van der Waals surface area contributed by atoms with Gasteiger partial charge in [-0.2, -0.15) is 0 Å². The van der Waals surface area contributed by atoms with Gasteiger partial charge in [-0.05, 0) is 17.7 Å². The van der Waals surface area contributed by atoms with Crippen molar-refractivity contribution in [3.05, 3.63) is 35.4 Å². The van der Waals surface area contributed by atoms with Crippen LogP contribution >= 0.6 is 0 Å². The third-order valence-corrected chi connectivity index (χ3v) is 3.51. The molecule has 1 aliphatic rings. The SMILES string of the molecule is COCCN1C(=O)CC(C(=O)O)C1c1cc(F)cc(F)c1. The highest BCUT2D eigenvalue weighted by Crippen LogP contribution is 2.38. The summed E-state index contributed by atoms with van der Waals surface area (Å²) in [5, 5.41) is 9.25. The summed E-state index contributed by atoms with van der Waals surface area (Å²) >= 11 is 0. The molecule has 1 aromatic rings. The maximum absolute atomic E-state index is 13.4. The number of halogens is 2. The summed E-state index contributed by atoms with van der Waals surface area (Å²) in [6.45, 7) is 0.383. The topological polar surface area (TPSA) is 66.8 Å². The molecule has 1 saturated heterocycles. The van der Waals surface area contributed by atoms with Gasteiger partial charge < -0.3 is 14.7 Å². The van der Waals surface area contributed by atoms with Crippen molar-refractivity contribution >= 4 is 11.9 Å². The summed E-state index contributed by atoms with van der Waals surface area (Å²) in [4.78, 5) is 24.6. The largest absolute Gasteiger partial charge is 0.481 e. The zero-order chi connectivity index (χ0) is 15.6. The Labute approximate surface area is 120 Å². The first-order chi connectivity index (χ1) is 9.93. The molecule has 1 aliphatic heterocycles. The fraction of sp³-hybridized carbons (Fsp3) is 0.429. The van der Waals surface area contributed by atoms with Gasteiger partial charge in [0.25, 0.3) is 0 Å². The number of carbonyl (C=O) groups is 2. The van der Waals surface area contributed by atoms with Gasteiger partial charge in [-0.15, -0.1) is 0 Å². The van der Waals surface area contributed by atoms with Crippen molar-refractivity contribution in [3.8, 4) is 0 Å². The molecule has 0 saturated carbocycles. The molecule has 1 N–H and O–H groups in total. The molecule has 7 heteroatoms. The number of hydrogen-bond acceptors (Lipinski definition) is 3. The second kappa shape index (κ2) is 6.17. The summed E-state index contributed by atoms with van der Waals surface area (Å²) < 4.78 is 31.6. The van der Waals surface area contributed by atoms with Gasteiger partial charge in [-0.25, -0.2) is 8.78 Å². The van der Waals surface area contributed by atoms with Crippen molar-refractivity contribution in [2.75, 3.05) is 20.3 Å². The number of benzene rings is 1. The van der Waals surface area contributed by atoms with Crippen LogP contribution in [0.1, 0.15) is 18.0 Å². The van der Waals surface area contributed by atoms with Crippen LogP contribution in [0.2, 0.25) is 0 Å². The Bertz CT molecular complexity index is 544. The second-order valence-corrected chi connectivity index (χ2v) is 4.88. The average molecular weight is 299 g/mol. The number of carboxylic acid groups (broad SMARTS) is 1. The molecule has 114 valence electrons. The molecular weight excluding hydrogens is 284 g/mol. The second-order valence-electron chi connectivity index (χ2n) is 4.88. The monoisotopic (exact) mass is 299 g/mol. The Morgan fingerprint density at radius 2 is 2.00 bits per heavy atom. The number of nitrogens with zero attached hydrogens (tertiary/aromatic N) is 1. The van der Waals surface area contributed by atoms with E-state index < -0.39 is 29.6 Å². The van der Waals surface area contributed by atoms with Gasteiger partial charge in [0.05, 0.1) is 18.6 Å². The third kappa shape index (κ3) is 3.18. The van der Waals surface area contributed by atoms with E-state index in [2.05, 4.69) is 0 Å². The highest BCUT2D eigenvalue weighted by atomic mass is 19.1. The van der Waals surface area contributed by atoms with Gasteiger partial charge >= 0.3 is 5.97 Å². The molecule has 0 spiro atoms. The van der Waals surface area contributed by atoms with Crippen LogP contribution < -0.4 is 0 Å². The Balaban J connectivity index is 2.40. The number of amides is 1. The molecule has 0 radical (unpaired) electrons. The Kier molecular flexibility index (Phi) is 4.52. The van der Waals surface area contributed by atoms with Crippen LogP contribution in [0.4, 0.5) is 8.78 Å². The molecule has 21 heavy (non-hydrogen) atoms. The quantitative estimate of drug-likeness (QED) is 0.896. The molecule has 2 atom stereocenters. The lowest BCUT2D eigenvalue weighted by molar-refractivity contribution is -0.142. The van der Waals surface area contributed by atoms with Crippen molar-refractivity contribution < 1.29 is 28.2 Å². The van der Waals surface area contributed by atoms with Crippen LogP contribution in [0.15, 0.2) is 18.2 Å². The van der Waals surface area contributed by atoms with Crippen LogP contribution in [0.3, 0.4) is 0 Å². The van der Waals surface area contributed by atoms with Gasteiger partial charge in [-0.1, -0.05) is 0 Å². The zero-order valence-corrected chi connectivity index (χ0v) is 11.4. The van der Waals surface area contributed by atoms with Crippen LogP contribution in [0.5, 0.6) is 0 Å². The Morgan fingerprint density at radius 3 is 2.52 bits per heavy atom. The number of rotatable bonds is 5. The molecule has 0 aromatic heterocycles. The van der Waals surface area contributed by atoms with Gasteiger partial charge in [0, 0.05) is 26.1 Å². The van der Waals surface area contributed by atoms with E-state index in [0.29, 0.717) is 6.07 Å². The maximum atomic E-state index is 13.4. The molecule has 1 aromatic carbocycles. The molecule has 0 aliphatic carbocycles. The van der Waals surface area contributed by atoms with Crippen LogP contribution in [-0.4, -0.2) is 42.1 Å². The lowest BCUT2D eigenvalue weighted by Gasteiger charge is -2.27. The third-order valence-electron chi connectivity index (χ3n) is 3.51. The number of aliphatic carboxylic acids is 1. The number of likely N-dealkylation sites (tertiary alicyclic amines) is 1. The highest BCUT2D eigenvalue weighted by molar-refractivity contribution is 5.87. The summed E-state index contributed by atoms with van der Waals surface area (Å²) in [6, 6.07) is 1.93. The van der Waals surface area contributed by atoms with Gasteiger partial charge in [-0.3, -0.25) is 9.59 Å². The average Bonchev–Trinajstić information content (AvgIpc) is 2.72. The molecule has 2 unspecified atom stereocenters. The van der Waals surface area contributed by atoms with E-state index in [9.17, 15) is 23.5 Å². The van der Waals surface area contributed by atoms with Crippen molar-refractivity contribution in [1.82, 2.24) is 4.90 Å². The first-order valence-corrected chi connectivity index (χ1v) is 6.41. The smallest absolute Gasteiger partial charge is 0.309 e. The molecule has 1 heterocycles. The normalized spacial score (nSPS) is 21.9. The van der Waals surface area contributed by atoms with E-state index in [-0.39, 0.29) is 31.0 Å². The van der Waals surface area contributed by atoms with Gasteiger partial charge in [0.1, 0.15) is 11.6 Å². The van der Waals surface area contributed by atoms with Crippen molar-refractivity contribution in [2.24, 2.45) is 5.92 Å². The summed E-state index contributed by atoms with van der Waals surface area (Å²) in [6.07, 6.45) is -0.193. The Hall–Kier alpha value is -2.02. The van der Waals surface area contributed by atoms with Crippen molar-refractivity contribution in [2.45, 2.75) is 12.5 Å². The van der Waals surface area contributed by atoms with Crippen molar-refractivity contribution in [1.29, 1.82) is 0 Å².